The van der Waals surface area contributed by atoms with E-state index in [0.29, 0.717) is 13.2 Å². The summed E-state index contributed by atoms with van der Waals surface area (Å²) in [6, 6.07) is 0. The summed E-state index contributed by atoms with van der Waals surface area (Å²) in [6.07, 6.45) is 0.981. The highest BCUT2D eigenvalue weighted by molar-refractivity contribution is 5.85. The van der Waals surface area contributed by atoms with Gasteiger partial charge >= 0.3 is 0 Å². The van der Waals surface area contributed by atoms with Crippen molar-refractivity contribution in [1.82, 2.24) is 15.5 Å². The summed E-state index contributed by atoms with van der Waals surface area (Å²) >= 11 is 0. The van der Waals surface area contributed by atoms with Crippen molar-refractivity contribution in [3.63, 3.8) is 0 Å². The van der Waals surface area contributed by atoms with E-state index in [-0.39, 0.29) is 24.9 Å². The van der Waals surface area contributed by atoms with Gasteiger partial charge in [0.1, 0.15) is 0 Å². The highest BCUT2D eigenvalue weighted by Gasteiger charge is 2.11. The van der Waals surface area contributed by atoms with E-state index in [1.165, 1.54) is 4.90 Å². The molecule has 0 aliphatic rings. The van der Waals surface area contributed by atoms with Gasteiger partial charge in [0.2, 0.25) is 11.8 Å². The summed E-state index contributed by atoms with van der Waals surface area (Å²) in [5.41, 5.74) is 0. The van der Waals surface area contributed by atoms with Gasteiger partial charge in [-0.25, -0.2) is 0 Å². The van der Waals surface area contributed by atoms with Gasteiger partial charge in [0.05, 0.1) is 19.7 Å². The van der Waals surface area contributed by atoms with Gasteiger partial charge in [-0.3, -0.25) is 9.59 Å². The van der Waals surface area contributed by atoms with E-state index < -0.39 is 0 Å². The van der Waals surface area contributed by atoms with Crippen LogP contribution in [0.2, 0.25) is 0 Å². The van der Waals surface area contributed by atoms with Crippen LogP contribution < -0.4 is 10.6 Å². The molecule has 0 aromatic carbocycles. The average molecular weight is 245 g/mol. The van der Waals surface area contributed by atoms with Crippen LogP contribution in [0.5, 0.6) is 0 Å². The molecule has 0 saturated carbocycles. The highest BCUT2D eigenvalue weighted by atomic mass is 16.5. The molecule has 0 saturated heterocycles. The van der Waals surface area contributed by atoms with Crippen LogP contribution in [0.3, 0.4) is 0 Å². The third-order valence-electron chi connectivity index (χ3n) is 2.14. The van der Waals surface area contributed by atoms with Crippen molar-refractivity contribution in [2.45, 2.75) is 13.3 Å². The van der Waals surface area contributed by atoms with Gasteiger partial charge in [-0.1, -0.05) is 6.92 Å². The van der Waals surface area contributed by atoms with Crippen LogP contribution >= 0.6 is 0 Å². The number of hydrogen-bond donors (Lipinski definition) is 2. The van der Waals surface area contributed by atoms with E-state index in [1.54, 1.807) is 14.2 Å². The number of likely N-dealkylation sites (N-methyl/N-ethyl adjacent to an activating group) is 1. The summed E-state index contributed by atoms with van der Waals surface area (Å²) in [7, 11) is 3.19. The molecule has 6 nitrogen and oxygen atoms in total. The first-order chi connectivity index (χ1) is 8.11. The first-order valence-corrected chi connectivity index (χ1v) is 5.82. The molecular weight excluding hydrogens is 222 g/mol. The van der Waals surface area contributed by atoms with Crippen molar-refractivity contribution in [2.75, 3.05) is 46.9 Å². The molecule has 17 heavy (non-hydrogen) atoms. The zero-order chi connectivity index (χ0) is 13.1. The molecule has 0 aliphatic carbocycles. The molecule has 0 aliphatic heterocycles. The van der Waals surface area contributed by atoms with Crippen LogP contribution in [0.4, 0.5) is 0 Å². The number of hydrogen-bond acceptors (Lipinski definition) is 4. The predicted octanol–water partition coefficient (Wildman–Crippen LogP) is -0.793. The SMILES string of the molecule is CCCNCC(=O)N(C)CC(=O)NCCOC. The Hall–Kier alpha value is -1.14. The molecule has 6 heteroatoms. The number of nitrogens with zero attached hydrogens (tertiary/aromatic N) is 1. The van der Waals surface area contributed by atoms with Gasteiger partial charge in [0.15, 0.2) is 0 Å². The molecule has 0 rings (SSSR count). The van der Waals surface area contributed by atoms with Gasteiger partial charge in [-0.2, -0.15) is 0 Å². The zero-order valence-electron chi connectivity index (χ0n) is 10.9. The number of nitrogens with one attached hydrogen (secondary N) is 2. The Bertz CT molecular complexity index is 234. The molecule has 0 fully saturated rings. The Kier molecular flexibility index (Phi) is 9.37. The van der Waals surface area contributed by atoms with Crippen LogP contribution in [0.25, 0.3) is 0 Å². The maximum atomic E-state index is 11.5. The molecule has 0 aromatic rings. The van der Waals surface area contributed by atoms with Crippen LogP contribution in [0.1, 0.15) is 13.3 Å². The Morgan fingerprint density at radius 2 is 2.00 bits per heavy atom. The predicted molar refractivity (Wildman–Crippen MR) is 65.7 cm³/mol. The van der Waals surface area contributed by atoms with E-state index in [4.69, 9.17) is 4.74 Å². The van der Waals surface area contributed by atoms with E-state index in [0.717, 1.165) is 13.0 Å². The van der Waals surface area contributed by atoms with Gasteiger partial charge in [-0.15, -0.1) is 0 Å². The molecule has 2 amide bonds. The minimum absolute atomic E-state index is 0.0797. The van der Waals surface area contributed by atoms with Gasteiger partial charge in [-0.05, 0) is 13.0 Å². The van der Waals surface area contributed by atoms with Crippen molar-refractivity contribution in [3.8, 4) is 0 Å². The summed E-state index contributed by atoms with van der Waals surface area (Å²) < 4.78 is 4.80. The van der Waals surface area contributed by atoms with Crippen LogP contribution in [-0.2, 0) is 14.3 Å². The van der Waals surface area contributed by atoms with Gasteiger partial charge < -0.3 is 20.3 Å². The first kappa shape index (κ1) is 15.9. The quantitative estimate of drug-likeness (QED) is 0.522. The fourth-order valence-corrected chi connectivity index (χ4v) is 1.16. The number of amides is 2. The Morgan fingerprint density at radius 3 is 2.59 bits per heavy atom. The van der Waals surface area contributed by atoms with E-state index in [9.17, 15) is 9.59 Å². The minimum atomic E-state index is -0.173. The van der Waals surface area contributed by atoms with E-state index in [2.05, 4.69) is 10.6 Å². The molecule has 2 N–H and O–H groups in total. The molecule has 0 unspecified atom stereocenters. The molecule has 0 atom stereocenters. The lowest BCUT2D eigenvalue weighted by Gasteiger charge is -2.17. The average Bonchev–Trinajstić information content (AvgIpc) is 2.29. The normalized spacial score (nSPS) is 10.1. The van der Waals surface area contributed by atoms with Crippen LogP contribution in [-0.4, -0.2) is 63.7 Å². The third-order valence-corrected chi connectivity index (χ3v) is 2.14. The fraction of sp³-hybridized carbons (Fsp3) is 0.818. The number of carbonyl (C=O) groups is 2. The van der Waals surface area contributed by atoms with E-state index in [1.807, 2.05) is 6.92 Å². The van der Waals surface area contributed by atoms with Crippen molar-refractivity contribution in [2.24, 2.45) is 0 Å². The third kappa shape index (κ3) is 8.65. The lowest BCUT2D eigenvalue weighted by molar-refractivity contribution is -0.134. The standard InChI is InChI=1S/C11H23N3O3/c1-4-5-12-8-11(16)14(2)9-10(15)13-6-7-17-3/h12H,4-9H2,1-3H3,(H,13,15). The minimum Gasteiger partial charge on any atom is -0.383 e. The molecule has 100 valence electrons. The summed E-state index contributed by atoms with van der Waals surface area (Å²) in [6.45, 7) is 4.13. The largest absolute Gasteiger partial charge is 0.383 e. The Morgan fingerprint density at radius 1 is 1.29 bits per heavy atom. The molecule has 0 aromatic heterocycles. The molecular formula is C11H23N3O3. The molecule has 0 radical (unpaired) electrons. The number of ether oxygens (including phenoxy) is 1. The molecule has 0 bridgehead atoms. The summed E-state index contributed by atoms with van der Waals surface area (Å²) in [5, 5.41) is 5.66. The van der Waals surface area contributed by atoms with Gasteiger partial charge in [0, 0.05) is 20.7 Å². The monoisotopic (exact) mass is 245 g/mol. The second kappa shape index (κ2) is 10.0. The topological polar surface area (TPSA) is 70.7 Å². The van der Waals surface area contributed by atoms with Crippen LogP contribution in [0.15, 0.2) is 0 Å². The van der Waals surface area contributed by atoms with Crippen LogP contribution in [0, 0.1) is 0 Å². The van der Waals surface area contributed by atoms with E-state index >= 15 is 0 Å². The number of rotatable bonds is 9. The summed E-state index contributed by atoms with van der Waals surface area (Å²) in [5.74, 6) is -0.256. The zero-order valence-corrected chi connectivity index (χ0v) is 10.9. The van der Waals surface area contributed by atoms with Gasteiger partial charge in [0.25, 0.3) is 0 Å². The molecule has 0 spiro atoms. The fourth-order valence-electron chi connectivity index (χ4n) is 1.16. The molecule has 0 heterocycles. The maximum Gasteiger partial charge on any atom is 0.239 e. The lowest BCUT2D eigenvalue weighted by atomic mass is 10.4. The smallest absolute Gasteiger partial charge is 0.239 e. The van der Waals surface area contributed by atoms with Crippen molar-refractivity contribution >= 4 is 11.8 Å². The number of methoxy groups -OCH3 is 1. The van der Waals surface area contributed by atoms with Crippen molar-refractivity contribution in [1.29, 1.82) is 0 Å². The first-order valence-electron chi connectivity index (χ1n) is 5.82. The lowest BCUT2D eigenvalue weighted by Crippen LogP contribution is -2.42. The second-order valence-corrected chi connectivity index (χ2v) is 3.77. The second-order valence-electron chi connectivity index (χ2n) is 3.77. The maximum absolute atomic E-state index is 11.5. The Labute approximate surface area is 103 Å². The van der Waals surface area contributed by atoms with Crippen molar-refractivity contribution < 1.29 is 14.3 Å². The Balaban J connectivity index is 3.71. The number of carbonyl (C=O) groups excluding carboxylic acids is 2. The van der Waals surface area contributed by atoms with Crippen molar-refractivity contribution in [3.05, 3.63) is 0 Å². The highest BCUT2D eigenvalue weighted by Crippen LogP contribution is 1.84. The summed E-state index contributed by atoms with van der Waals surface area (Å²) in [4.78, 5) is 24.3.